The molecule has 0 spiro atoms. The van der Waals surface area contributed by atoms with Crippen LogP contribution < -0.4 is 34.9 Å². The maximum absolute atomic E-state index is 10.3. The largest absolute Gasteiger partial charge is 1.00 e. The standard InChI is InChI=1S/C4H4ClNO2.Na.H/c5-2-1-3(7)6-4(2)8;;/h2H,1H2,(H,6,7,8);;/q;+1;-1. The van der Waals surface area contributed by atoms with Gasteiger partial charge in [-0.1, -0.05) is 0 Å². The van der Waals surface area contributed by atoms with Crippen molar-refractivity contribution in [1.29, 1.82) is 0 Å². The Morgan fingerprint density at radius 2 is 2.22 bits per heavy atom. The normalized spacial score (nSPS) is 25.2. The molecule has 0 saturated carbocycles. The molecule has 0 aliphatic carbocycles. The number of hydrogen-bond acceptors (Lipinski definition) is 2. The van der Waals surface area contributed by atoms with Crippen LogP contribution in [0.5, 0.6) is 0 Å². The van der Waals surface area contributed by atoms with Gasteiger partial charge >= 0.3 is 29.6 Å². The van der Waals surface area contributed by atoms with Crippen molar-refractivity contribution in [1.82, 2.24) is 5.32 Å². The summed E-state index contributed by atoms with van der Waals surface area (Å²) >= 11 is 5.32. The van der Waals surface area contributed by atoms with Gasteiger partial charge in [-0.2, -0.15) is 0 Å². The fourth-order valence-corrected chi connectivity index (χ4v) is 0.717. The summed E-state index contributed by atoms with van der Waals surface area (Å²) in [4.78, 5) is 20.6. The topological polar surface area (TPSA) is 46.2 Å². The summed E-state index contributed by atoms with van der Waals surface area (Å²) in [6.07, 6.45) is 0.125. The molecule has 1 unspecified atom stereocenters. The van der Waals surface area contributed by atoms with E-state index in [2.05, 4.69) is 5.32 Å². The number of alkyl halides is 1. The van der Waals surface area contributed by atoms with Crippen LogP contribution in [0.2, 0.25) is 0 Å². The van der Waals surface area contributed by atoms with Crippen LogP contribution in [0.1, 0.15) is 7.85 Å². The van der Waals surface area contributed by atoms with Crippen molar-refractivity contribution in [3.05, 3.63) is 0 Å². The van der Waals surface area contributed by atoms with Crippen molar-refractivity contribution in [2.45, 2.75) is 11.8 Å². The van der Waals surface area contributed by atoms with Crippen LogP contribution in [0.25, 0.3) is 0 Å². The second-order valence-electron chi connectivity index (χ2n) is 1.58. The van der Waals surface area contributed by atoms with Crippen LogP contribution in [-0.4, -0.2) is 17.2 Å². The zero-order valence-corrected chi connectivity index (χ0v) is 7.73. The van der Waals surface area contributed by atoms with Gasteiger partial charge in [-0.05, 0) is 0 Å². The van der Waals surface area contributed by atoms with Gasteiger partial charge in [0, 0.05) is 0 Å². The number of carbonyl (C=O) groups excluding carboxylic acids is 2. The maximum atomic E-state index is 10.3. The molecule has 0 aromatic heterocycles. The van der Waals surface area contributed by atoms with E-state index < -0.39 is 5.38 Å². The quantitative estimate of drug-likeness (QED) is 0.228. The van der Waals surface area contributed by atoms with Crippen molar-refractivity contribution >= 4 is 23.4 Å². The van der Waals surface area contributed by atoms with E-state index >= 15 is 0 Å². The van der Waals surface area contributed by atoms with E-state index in [9.17, 15) is 9.59 Å². The second kappa shape index (κ2) is 3.56. The number of halogens is 1. The van der Waals surface area contributed by atoms with Gasteiger partial charge in [-0.15, -0.1) is 11.6 Å². The van der Waals surface area contributed by atoms with Gasteiger partial charge in [0.15, 0.2) is 0 Å². The summed E-state index contributed by atoms with van der Waals surface area (Å²) in [6.45, 7) is 0. The van der Waals surface area contributed by atoms with Gasteiger partial charge in [-0.25, -0.2) is 0 Å². The van der Waals surface area contributed by atoms with E-state index in [1.807, 2.05) is 0 Å². The van der Waals surface area contributed by atoms with Crippen molar-refractivity contribution in [2.24, 2.45) is 0 Å². The Labute approximate surface area is 80.9 Å². The van der Waals surface area contributed by atoms with Gasteiger partial charge in [-0.3, -0.25) is 14.9 Å². The van der Waals surface area contributed by atoms with Crippen LogP contribution >= 0.6 is 11.6 Å². The average Bonchev–Trinajstić information content (AvgIpc) is 1.85. The zero-order chi connectivity index (χ0) is 6.15. The molecule has 5 heteroatoms. The van der Waals surface area contributed by atoms with Gasteiger partial charge in [0.2, 0.25) is 11.8 Å². The summed E-state index contributed by atoms with van der Waals surface area (Å²) in [7, 11) is 0. The molecule has 2 amide bonds. The third-order valence-corrected chi connectivity index (χ3v) is 1.26. The molecule has 0 bridgehead atoms. The molecule has 1 aliphatic rings. The van der Waals surface area contributed by atoms with E-state index in [-0.39, 0.29) is 49.2 Å². The fourth-order valence-electron chi connectivity index (χ4n) is 0.522. The SMILES string of the molecule is O=C1CC(Cl)C(=O)N1.[H-].[Na+]. The minimum atomic E-state index is -0.637. The maximum Gasteiger partial charge on any atom is 1.00 e. The number of carbonyl (C=O) groups is 2. The Hall–Kier alpha value is 0.430. The summed E-state index contributed by atoms with van der Waals surface area (Å²) < 4.78 is 0. The van der Waals surface area contributed by atoms with Crippen LogP contribution in [0.3, 0.4) is 0 Å². The summed E-state index contributed by atoms with van der Waals surface area (Å²) in [5, 5.41) is 1.42. The van der Waals surface area contributed by atoms with Gasteiger partial charge < -0.3 is 1.43 Å². The average molecular weight is 158 g/mol. The third-order valence-electron chi connectivity index (χ3n) is 0.912. The monoisotopic (exact) mass is 157 g/mol. The molecule has 0 radical (unpaired) electrons. The zero-order valence-electron chi connectivity index (χ0n) is 5.98. The number of nitrogens with one attached hydrogen (secondary N) is 1. The Balaban J connectivity index is 0. The molecular formula is C4H5ClNNaO2. The molecule has 1 saturated heterocycles. The van der Waals surface area contributed by atoms with Crippen molar-refractivity contribution in [3.8, 4) is 0 Å². The number of hydrogen-bond donors (Lipinski definition) is 1. The Kier molecular flexibility index (Phi) is 3.73. The van der Waals surface area contributed by atoms with Gasteiger partial charge in [0.25, 0.3) is 0 Å². The number of amides is 2. The predicted molar refractivity (Wildman–Crippen MR) is 28.5 cm³/mol. The summed E-state index contributed by atoms with van der Waals surface area (Å²) in [5.74, 6) is -0.660. The van der Waals surface area contributed by atoms with Gasteiger partial charge in [0.05, 0.1) is 6.42 Å². The molecule has 46 valence electrons. The molecule has 0 aromatic rings. The first-order valence-corrected chi connectivity index (χ1v) is 2.61. The number of imide groups is 1. The Bertz CT molecular complexity index is 154. The first-order chi connectivity index (χ1) is 3.70. The number of rotatable bonds is 0. The minimum Gasteiger partial charge on any atom is -1.00 e. The first-order valence-electron chi connectivity index (χ1n) is 2.18. The molecular weight excluding hydrogens is 152 g/mol. The molecule has 1 fully saturated rings. The van der Waals surface area contributed by atoms with E-state index in [1.165, 1.54) is 0 Å². The van der Waals surface area contributed by atoms with Crippen LogP contribution in [-0.2, 0) is 9.59 Å². The molecule has 0 aromatic carbocycles. The van der Waals surface area contributed by atoms with Crippen molar-refractivity contribution in [3.63, 3.8) is 0 Å². The molecule has 1 rings (SSSR count). The van der Waals surface area contributed by atoms with Crippen LogP contribution in [0.15, 0.2) is 0 Å². The van der Waals surface area contributed by atoms with Gasteiger partial charge in [0.1, 0.15) is 5.38 Å². The second-order valence-corrected chi connectivity index (χ2v) is 2.11. The van der Waals surface area contributed by atoms with E-state index in [1.54, 1.807) is 0 Å². The van der Waals surface area contributed by atoms with E-state index in [0.29, 0.717) is 0 Å². The fraction of sp³-hybridized carbons (Fsp3) is 0.500. The van der Waals surface area contributed by atoms with E-state index in [0.717, 1.165) is 0 Å². The molecule has 1 heterocycles. The Morgan fingerprint density at radius 3 is 2.33 bits per heavy atom. The van der Waals surface area contributed by atoms with Crippen LogP contribution in [0.4, 0.5) is 0 Å². The molecule has 1 aliphatic heterocycles. The minimum absolute atomic E-state index is 0. The first kappa shape index (κ1) is 9.43. The van der Waals surface area contributed by atoms with E-state index in [4.69, 9.17) is 11.6 Å². The summed E-state index contributed by atoms with van der Waals surface area (Å²) in [5.41, 5.74) is 0. The smallest absolute Gasteiger partial charge is 1.00 e. The third kappa shape index (κ3) is 2.26. The molecule has 3 nitrogen and oxygen atoms in total. The molecule has 1 N–H and O–H groups in total. The Morgan fingerprint density at radius 1 is 1.67 bits per heavy atom. The molecule has 1 atom stereocenters. The van der Waals surface area contributed by atoms with Crippen LogP contribution in [0, 0.1) is 0 Å². The predicted octanol–water partition coefficient (Wildman–Crippen LogP) is -3.24. The van der Waals surface area contributed by atoms with Crippen molar-refractivity contribution in [2.75, 3.05) is 0 Å². The molecule has 9 heavy (non-hydrogen) atoms. The summed E-state index contributed by atoms with van der Waals surface area (Å²) in [6, 6.07) is 0. The van der Waals surface area contributed by atoms with Crippen molar-refractivity contribution < 1.29 is 40.6 Å².